The highest BCUT2D eigenvalue weighted by Gasteiger charge is 2.51. The van der Waals surface area contributed by atoms with Gasteiger partial charge in [0.15, 0.2) is 0 Å². The summed E-state index contributed by atoms with van der Waals surface area (Å²) in [4.78, 5) is 0. The van der Waals surface area contributed by atoms with Gasteiger partial charge in [0.1, 0.15) is 12.4 Å². The summed E-state index contributed by atoms with van der Waals surface area (Å²) in [6, 6.07) is 16.5. The molecule has 0 bridgehead atoms. The van der Waals surface area contributed by atoms with Gasteiger partial charge >= 0.3 is 7.12 Å². The van der Waals surface area contributed by atoms with Crippen LogP contribution >= 0.6 is 0 Å². The predicted molar refractivity (Wildman–Crippen MR) is 112 cm³/mol. The van der Waals surface area contributed by atoms with Crippen molar-refractivity contribution in [2.24, 2.45) is 0 Å². The van der Waals surface area contributed by atoms with Gasteiger partial charge in [-0.3, -0.25) is 0 Å². The van der Waals surface area contributed by atoms with Crippen molar-refractivity contribution < 1.29 is 14.0 Å². The molecule has 0 radical (unpaired) electrons. The highest BCUT2D eigenvalue weighted by atomic mass is 16.7. The average Bonchev–Trinajstić information content (AvgIpc) is 2.81. The third-order valence-electron chi connectivity index (χ3n) is 5.57. The Labute approximate surface area is 164 Å². The molecule has 27 heavy (non-hydrogen) atoms. The first kappa shape index (κ1) is 20.0. The van der Waals surface area contributed by atoms with Crippen molar-refractivity contribution in [1.82, 2.24) is 0 Å². The monoisotopic (exact) mass is 366 g/mol. The van der Waals surface area contributed by atoms with Gasteiger partial charge in [-0.25, -0.2) is 0 Å². The first-order valence-corrected chi connectivity index (χ1v) is 9.66. The molecule has 0 atom stereocenters. The Morgan fingerprint density at radius 1 is 0.889 bits per heavy atom. The zero-order chi connectivity index (χ0) is 19.9. The largest absolute Gasteiger partial charge is 0.494 e. The van der Waals surface area contributed by atoms with E-state index in [-0.39, 0.29) is 23.7 Å². The van der Waals surface area contributed by atoms with Crippen molar-refractivity contribution in [2.75, 3.05) is 0 Å². The summed E-state index contributed by atoms with van der Waals surface area (Å²) < 4.78 is 18.6. The molecule has 1 aliphatic heterocycles. The third kappa shape index (κ3) is 4.22. The molecule has 1 heterocycles. The second kappa shape index (κ2) is 6.99. The van der Waals surface area contributed by atoms with E-state index in [1.165, 1.54) is 0 Å². The molecule has 0 aliphatic carbocycles. The van der Waals surface area contributed by atoms with Crippen LogP contribution < -0.4 is 10.2 Å². The first-order valence-electron chi connectivity index (χ1n) is 9.66. The molecule has 2 aromatic rings. The Bertz CT molecular complexity index is 775. The van der Waals surface area contributed by atoms with Crippen LogP contribution in [0.5, 0.6) is 5.75 Å². The lowest BCUT2D eigenvalue weighted by molar-refractivity contribution is 0.00578. The number of ether oxygens (including phenoxy) is 1. The van der Waals surface area contributed by atoms with Crippen LogP contribution in [0.25, 0.3) is 0 Å². The topological polar surface area (TPSA) is 27.7 Å². The van der Waals surface area contributed by atoms with E-state index in [0.29, 0.717) is 6.61 Å². The molecule has 1 aliphatic rings. The van der Waals surface area contributed by atoms with E-state index in [0.717, 1.165) is 22.3 Å². The average molecular weight is 366 g/mol. The molecule has 144 valence electrons. The van der Waals surface area contributed by atoms with Crippen LogP contribution in [-0.4, -0.2) is 18.3 Å². The van der Waals surface area contributed by atoms with Gasteiger partial charge in [-0.2, -0.15) is 0 Å². The summed E-state index contributed by atoms with van der Waals surface area (Å²) >= 11 is 0. The van der Waals surface area contributed by atoms with Crippen molar-refractivity contribution in [3.8, 4) is 5.75 Å². The van der Waals surface area contributed by atoms with Gasteiger partial charge in [-0.05, 0) is 55.8 Å². The maximum Gasteiger partial charge on any atom is 0.494 e. The fourth-order valence-corrected chi connectivity index (χ4v) is 3.12. The van der Waals surface area contributed by atoms with Gasteiger partial charge < -0.3 is 14.0 Å². The minimum absolute atomic E-state index is 0.0499. The summed E-state index contributed by atoms with van der Waals surface area (Å²) in [5, 5.41) is 0. The summed E-state index contributed by atoms with van der Waals surface area (Å²) in [5.41, 5.74) is 2.61. The lowest BCUT2D eigenvalue weighted by Crippen LogP contribution is -2.41. The maximum absolute atomic E-state index is 6.22. The molecule has 0 saturated carbocycles. The van der Waals surface area contributed by atoms with Gasteiger partial charge in [0, 0.05) is 0 Å². The normalized spacial score (nSPS) is 18.6. The third-order valence-corrected chi connectivity index (χ3v) is 5.57. The number of hydrogen-bond acceptors (Lipinski definition) is 3. The molecule has 3 rings (SSSR count). The Morgan fingerprint density at radius 3 is 2.04 bits per heavy atom. The van der Waals surface area contributed by atoms with Crippen LogP contribution in [0.2, 0.25) is 0 Å². The Kier molecular flexibility index (Phi) is 5.17. The molecule has 0 amide bonds. The van der Waals surface area contributed by atoms with Crippen molar-refractivity contribution in [1.29, 1.82) is 0 Å². The predicted octanol–water partition coefficient (Wildman–Crippen LogP) is 4.86. The second-order valence-corrected chi connectivity index (χ2v) is 9.37. The van der Waals surface area contributed by atoms with Gasteiger partial charge in [0.25, 0.3) is 0 Å². The van der Waals surface area contributed by atoms with E-state index in [4.69, 9.17) is 14.0 Å². The molecular formula is C23H31BO3. The van der Waals surface area contributed by atoms with Crippen LogP contribution in [0.3, 0.4) is 0 Å². The lowest BCUT2D eigenvalue weighted by Gasteiger charge is -2.32. The molecule has 1 fully saturated rings. The van der Waals surface area contributed by atoms with E-state index >= 15 is 0 Å². The smallest absolute Gasteiger partial charge is 0.489 e. The molecule has 4 heteroatoms. The van der Waals surface area contributed by atoms with E-state index in [9.17, 15) is 0 Å². The summed E-state index contributed by atoms with van der Waals surface area (Å²) in [7, 11) is -0.362. The molecule has 1 saturated heterocycles. The maximum atomic E-state index is 6.22. The van der Waals surface area contributed by atoms with Crippen molar-refractivity contribution in [3.63, 3.8) is 0 Å². The second-order valence-electron chi connectivity index (χ2n) is 9.37. The van der Waals surface area contributed by atoms with Gasteiger partial charge in [-0.15, -0.1) is 0 Å². The minimum atomic E-state index is -0.362. The first-order chi connectivity index (χ1) is 12.5. The molecule has 0 aromatic heterocycles. The van der Waals surface area contributed by atoms with Crippen molar-refractivity contribution in [3.05, 3.63) is 59.7 Å². The standard InChI is InChI=1S/C23H31BO3/c1-21(2,3)19-15-18(24-26-22(4,5)23(6,7)27-24)13-14-20(19)25-16-17-11-9-8-10-12-17/h8-15H,16H2,1-7H3. The lowest BCUT2D eigenvalue weighted by atomic mass is 9.75. The van der Waals surface area contributed by atoms with Crippen LogP contribution in [0.4, 0.5) is 0 Å². The van der Waals surface area contributed by atoms with Crippen LogP contribution in [0, 0.1) is 0 Å². The zero-order valence-electron chi connectivity index (χ0n) is 17.6. The van der Waals surface area contributed by atoms with Gasteiger partial charge in [0.2, 0.25) is 0 Å². The Morgan fingerprint density at radius 2 is 1.48 bits per heavy atom. The fraction of sp³-hybridized carbons (Fsp3) is 0.478. The molecular weight excluding hydrogens is 335 g/mol. The molecule has 2 aromatic carbocycles. The van der Waals surface area contributed by atoms with Crippen molar-refractivity contribution in [2.45, 2.75) is 71.7 Å². The number of benzene rings is 2. The van der Waals surface area contributed by atoms with Crippen LogP contribution in [0.1, 0.15) is 59.6 Å². The summed E-state index contributed by atoms with van der Waals surface area (Å²) in [5.74, 6) is 0.909. The SMILES string of the molecule is CC(C)(C)c1cc(B2OC(C)(C)C(C)(C)O2)ccc1OCc1ccccc1. The highest BCUT2D eigenvalue weighted by molar-refractivity contribution is 6.62. The van der Waals surface area contributed by atoms with Crippen molar-refractivity contribution >= 4 is 12.6 Å². The summed E-state index contributed by atoms with van der Waals surface area (Å²) in [6.07, 6.45) is 0. The van der Waals surface area contributed by atoms with E-state index in [1.54, 1.807) is 0 Å². The fourth-order valence-electron chi connectivity index (χ4n) is 3.12. The number of hydrogen-bond donors (Lipinski definition) is 0. The Hall–Kier alpha value is -1.78. The molecule has 0 spiro atoms. The minimum Gasteiger partial charge on any atom is -0.489 e. The Balaban J connectivity index is 1.87. The molecule has 3 nitrogen and oxygen atoms in total. The van der Waals surface area contributed by atoms with Gasteiger partial charge in [0.05, 0.1) is 11.2 Å². The van der Waals surface area contributed by atoms with Gasteiger partial charge in [-0.1, -0.05) is 63.2 Å². The van der Waals surface area contributed by atoms with E-state index < -0.39 is 0 Å². The molecule has 0 unspecified atom stereocenters. The summed E-state index contributed by atoms with van der Waals surface area (Å²) in [6.45, 7) is 15.5. The zero-order valence-corrected chi connectivity index (χ0v) is 17.6. The number of rotatable bonds is 4. The highest BCUT2D eigenvalue weighted by Crippen LogP contribution is 2.37. The molecule has 0 N–H and O–H groups in total. The van der Waals surface area contributed by atoms with E-state index in [1.807, 2.05) is 24.3 Å². The quantitative estimate of drug-likeness (QED) is 0.723. The van der Waals surface area contributed by atoms with Crippen LogP contribution in [-0.2, 0) is 21.3 Å². The van der Waals surface area contributed by atoms with E-state index in [2.05, 4.69) is 72.7 Å². The van der Waals surface area contributed by atoms with Crippen LogP contribution in [0.15, 0.2) is 48.5 Å².